The number of nitrogens with two attached hydrogens (primary N) is 2. The Labute approximate surface area is 158 Å². The first-order chi connectivity index (χ1) is 12.5. The molecule has 0 unspecified atom stereocenters. The fourth-order valence-corrected chi connectivity index (χ4v) is 3.15. The average molecular weight is 372 g/mol. The van der Waals surface area contributed by atoms with Crippen LogP contribution in [-0.4, -0.2) is 18.2 Å². The molecule has 0 aliphatic rings. The lowest BCUT2D eigenvalue weighted by Crippen LogP contribution is -1.90. The number of thiazole rings is 1. The van der Waals surface area contributed by atoms with Gasteiger partial charge in [-0.25, -0.2) is 4.98 Å². The van der Waals surface area contributed by atoms with Crippen LogP contribution in [0, 0.1) is 6.92 Å². The van der Waals surface area contributed by atoms with Crippen molar-refractivity contribution >= 4 is 22.2 Å². The third kappa shape index (κ3) is 5.75. The minimum Gasteiger partial charge on any atom is -0.457 e. The fourth-order valence-electron chi connectivity index (χ4n) is 2.33. The second-order valence-corrected chi connectivity index (χ2v) is 6.48. The van der Waals surface area contributed by atoms with E-state index in [1.165, 1.54) is 11.3 Å². The summed E-state index contributed by atoms with van der Waals surface area (Å²) in [6.45, 7) is 7.60. The highest BCUT2D eigenvalue weighted by molar-refractivity contribution is 7.18. The summed E-state index contributed by atoms with van der Waals surface area (Å²) in [6, 6.07) is 15.3. The smallest absolute Gasteiger partial charge is 0.180 e. The molecule has 3 aromatic rings. The second-order valence-electron chi connectivity index (χ2n) is 5.45. The number of anilines is 2. The van der Waals surface area contributed by atoms with E-state index in [1.54, 1.807) is 6.07 Å². The molecule has 138 valence electrons. The highest BCUT2D eigenvalue weighted by Crippen LogP contribution is 2.35. The van der Waals surface area contributed by atoms with Crippen molar-refractivity contribution in [2.45, 2.75) is 20.8 Å². The van der Waals surface area contributed by atoms with Crippen molar-refractivity contribution in [2.24, 2.45) is 0 Å². The molecule has 0 bridgehead atoms. The van der Waals surface area contributed by atoms with Crippen LogP contribution in [0.3, 0.4) is 0 Å². The zero-order chi connectivity index (χ0) is 18.9. The summed E-state index contributed by atoms with van der Waals surface area (Å²) < 4.78 is 10.7. The van der Waals surface area contributed by atoms with Crippen molar-refractivity contribution in [1.29, 1.82) is 0 Å². The van der Waals surface area contributed by atoms with Gasteiger partial charge in [0.25, 0.3) is 0 Å². The first-order valence-electron chi connectivity index (χ1n) is 8.48. The van der Waals surface area contributed by atoms with Crippen molar-refractivity contribution in [3.63, 3.8) is 0 Å². The summed E-state index contributed by atoms with van der Waals surface area (Å²) in [7, 11) is 0. The maximum atomic E-state index is 5.98. The predicted molar refractivity (Wildman–Crippen MR) is 110 cm³/mol. The normalized spacial score (nSPS) is 10.1. The number of nitrogens with zero attached hydrogens (tertiary/aromatic N) is 1. The van der Waals surface area contributed by atoms with Gasteiger partial charge in [-0.3, -0.25) is 0 Å². The molecular formula is C20H25N3O2S. The van der Waals surface area contributed by atoms with Crippen LogP contribution >= 0.6 is 11.3 Å². The van der Waals surface area contributed by atoms with E-state index in [1.807, 2.05) is 63.2 Å². The molecular weight excluding hydrogens is 346 g/mol. The molecule has 2 aromatic carbocycles. The Balaban J connectivity index is 0.000000431. The van der Waals surface area contributed by atoms with E-state index in [0.717, 1.165) is 35.1 Å². The van der Waals surface area contributed by atoms with Crippen LogP contribution in [-0.2, 0) is 4.74 Å². The maximum absolute atomic E-state index is 5.98. The summed E-state index contributed by atoms with van der Waals surface area (Å²) in [4.78, 5) is 5.26. The van der Waals surface area contributed by atoms with Crippen molar-refractivity contribution in [2.75, 3.05) is 24.7 Å². The van der Waals surface area contributed by atoms with E-state index in [4.69, 9.17) is 20.9 Å². The van der Waals surface area contributed by atoms with E-state index in [2.05, 4.69) is 4.98 Å². The summed E-state index contributed by atoms with van der Waals surface area (Å²) in [5.41, 5.74) is 14.2. The Kier molecular flexibility index (Phi) is 7.44. The molecule has 0 fully saturated rings. The highest BCUT2D eigenvalue weighted by Gasteiger charge is 2.10. The Morgan fingerprint density at radius 2 is 1.65 bits per heavy atom. The van der Waals surface area contributed by atoms with Gasteiger partial charge in [0, 0.05) is 25.0 Å². The Morgan fingerprint density at radius 1 is 0.962 bits per heavy atom. The molecule has 0 saturated heterocycles. The van der Waals surface area contributed by atoms with E-state index in [9.17, 15) is 0 Å². The van der Waals surface area contributed by atoms with Gasteiger partial charge in [-0.05, 0) is 50.6 Å². The van der Waals surface area contributed by atoms with Crippen LogP contribution in [0.25, 0.3) is 10.4 Å². The molecule has 0 saturated carbocycles. The van der Waals surface area contributed by atoms with E-state index in [-0.39, 0.29) is 0 Å². The summed E-state index contributed by atoms with van der Waals surface area (Å²) in [6.07, 6.45) is 0. The van der Waals surface area contributed by atoms with E-state index >= 15 is 0 Å². The van der Waals surface area contributed by atoms with Gasteiger partial charge in [-0.2, -0.15) is 0 Å². The fraction of sp³-hybridized carbons (Fsp3) is 0.250. The molecule has 1 heterocycles. The largest absolute Gasteiger partial charge is 0.457 e. The van der Waals surface area contributed by atoms with Gasteiger partial charge in [0.1, 0.15) is 11.5 Å². The van der Waals surface area contributed by atoms with Crippen LogP contribution < -0.4 is 16.2 Å². The number of aryl methyl sites for hydroxylation is 1. The number of ether oxygens (including phenoxy) is 2. The number of hydrogen-bond donors (Lipinski definition) is 2. The Bertz CT molecular complexity index is 817. The molecule has 0 aliphatic heterocycles. The molecule has 0 spiro atoms. The average Bonchev–Trinajstić information content (AvgIpc) is 2.95. The number of benzene rings is 2. The minimum absolute atomic E-state index is 0.551. The molecule has 1 aromatic heterocycles. The zero-order valence-corrected chi connectivity index (χ0v) is 16.2. The van der Waals surface area contributed by atoms with Gasteiger partial charge >= 0.3 is 0 Å². The third-order valence-corrected chi connectivity index (χ3v) is 4.43. The molecule has 5 nitrogen and oxygen atoms in total. The van der Waals surface area contributed by atoms with Crippen LogP contribution in [0.4, 0.5) is 10.8 Å². The summed E-state index contributed by atoms with van der Waals surface area (Å²) >= 11 is 1.45. The number of hydrogen-bond acceptors (Lipinski definition) is 6. The molecule has 0 amide bonds. The second kappa shape index (κ2) is 9.79. The van der Waals surface area contributed by atoms with Crippen LogP contribution in [0.2, 0.25) is 0 Å². The van der Waals surface area contributed by atoms with Crippen molar-refractivity contribution in [1.82, 2.24) is 4.98 Å². The molecule has 26 heavy (non-hydrogen) atoms. The Hall–Kier alpha value is -2.57. The van der Waals surface area contributed by atoms with Crippen LogP contribution in [0.15, 0.2) is 48.5 Å². The SMILES string of the molecule is CCOCC.Cc1nc(N)sc1-c1cc(N)cc(Oc2ccccc2)c1. The van der Waals surface area contributed by atoms with Crippen molar-refractivity contribution in [3.05, 3.63) is 54.2 Å². The monoisotopic (exact) mass is 371 g/mol. The van der Waals surface area contributed by atoms with E-state index in [0.29, 0.717) is 16.6 Å². The topological polar surface area (TPSA) is 83.4 Å². The Morgan fingerprint density at radius 3 is 2.19 bits per heavy atom. The zero-order valence-electron chi connectivity index (χ0n) is 15.4. The number of para-hydroxylation sites is 1. The first kappa shape index (κ1) is 19.8. The molecule has 0 atom stereocenters. The van der Waals surface area contributed by atoms with Gasteiger partial charge in [0.15, 0.2) is 5.13 Å². The third-order valence-electron chi connectivity index (χ3n) is 3.39. The summed E-state index contributed by atoms with van der Waals surface area (Å²) in [5, 5.41) is 0.551. The van der Waals surface area contributed by atoms with Gasteiger partial charge < -0.3 is 20.9 Å². The predicted octanol–water partition coefficient (Wildman–Crippen LogP) is 5.12. The van der Waals surface area contributed by atoms with Crippen LogP contribution in [0.1, 0.15) is 19.5 Å². The number of rotatable bonds is 5. The number of aromatic nitrogens is 1. The van der Waals surface area contributed by atoms with Crippen molar-refractivity contribution in [3.8, 4) is 21.9 Å². The van der Waals surface area contributed by atoms with Crippen molar-refractivity contribution < 1.29 is 9.47 Å². The highest BCUT2D eigenvalue weighted by atomic mass is 32.1. The standard InChI is InChI=1S/C16H15N3OS.C4H10O/c1-10-15(21-16(18)19-10)11-7-12(17)9-14(8-11)20-13-5-3-2-4-6-13;1-3-5-4-2/h2-9H,17H2,1H3,(H2,18,19);3-4H2,1-2H3. The molecule has 4 N–H and O–H groups in total. The van der Waals surface area contributed by atoms with Gasteiger partial charge in [-0.1, -0.05) is 29.5 Å². The molecule has 0 aliphatic carbocycles. The summed E-state index contributed by atoms with van der Waals surface area (Å²) in [5.74, 6) is 1.47. The lowest BCUT2D eigenvalue weighted by Gasteiger charge is -2.09. The lowest BCUT2D eigenvalue weighted by molar-refractivity contribution is 0.162. The molecule has 6 heteroatoms. The van der Waals surface area contributed by atoms with Crippen LogP contribution in [0.5, 0.6) is 11.5 Å². The first-order valence-corrected chi connectivity index (χ1v) is 9.29. The minimum atomic E-state index is 0.551. The number of nitrogen functional groups attached to an aromatic ring is 2. The van der Waals surface area contributed by atoms with Gasteiger partial charge in [-0.15, -0.1) is 0 Å². The van der Waals surface area contributed by atoms with E-state index < -0.39 is 0 Å². The lowest BCUT2D eigenvalue weighted by atomic mass is 10.1. The maximum Gasteiger partial charge on any atom is 0.180 e. The van der Waals surface area contributed by atoms with Gasteiger partial charge in [0.2, 0.25) is 0 Å². The molecule has 3 rings (SSSR count). The quantitative estimate of drug-likeness (QED) is 0.608. The molecule has 0 radical (unpaired) electrons. The van der Waals surface area contributed by atoms with Gasteiger partial charge in [0.05, 0.1) is 10.6 Å².